The largest absolute Gasteiger partial charge is 0.331 e. The van der Waals surface area contributed by atoms with Gasteiger partial charge in [-0.25, -0.2) is 9.67 Å². The number of rotatable bonds is 4. The molecule has 152 valence electrons. The van der Waals surface area contributed by atoms with E-state index in [4.69, 9.17) is 0 Å². The Kier molecular flexibility index (Phi) is 5.05. The molecular formula is C22H22N6O2. The van der Waals surface area contributed by atoms with E-state index in [0.29, 0.717) is 17.1 Å². The van der Waals surface area contributed by atoms with Gasteiger partial charge in [-0.3, -0.25) is 20.4 Å². The normalized spacial score (nSPS) is 10.9. The van der Waals surface area contributed by atoms with Gasteiger partial charge in [-0.15, -0.1) is 0 Å². The van der Waals surface area contributed by atoms with Crippen molar-refractivity contribution < 1.29 is 9.59 Å². The topological polar surface area (TPSA) is 93.8 Å². The van der Waals surface area contributed by atoms with Gasteiger partial charge in [0.15, 0.2) is 0 Å². The molecular weight excluding hydrogens is 380 g/mol. The highest BCUT2D eigenvalue weighted by molar-refractivity contribution is 5.96. The molecule has 0 aliphatic heterocycles. The summed E-state index contributed by atoms with van der Waals surface area (Å²) in [6.45, 7) is 3.81. The number of hydrogen-bond donors (Lipinski definition) is 2. The van der Waals surface area contributed by atoms with Gasteiger partial charge in [0.05, 0.1) is 40.6 Å². The van der Waals surface area contributed by atoms with Gasteiger partial charge in [0, 0.05) is 7.05 Å². The number of carbonyl (C=O) groups excluding carboxylic acids is 2. The van der Waals surface area contributed by atoms with Gasteiger partial charge < -0.3 is 4.57 Å². The molecule has 0 saturated heterocycles. The van der Waals surface area contributed by atoms with Gasteiger partial charge in [-0.1, -0.05) is 24.3 Å². The fourth-order valence-corrected chi connectivity index (χ4v) is 3.39. The van der Waals surface area contributed by atoms with Crippen LogP contribution in [0.1, 0.15) is 27.4 Å². The van der Waals surface area contributed by atoms with Crippen molar-refractivity contribution in [2.45, 2.75) is 20.3 Å². The van der Waals surface area contributed by atoms with Crippen LogP contribution in [0.25, 0.3) is 16.7 Å². The number of aryl methyl sites for hydroxylation is 2. The number of para-hydroxylation sites is 2. The first-order valence-corrected chi connectivity index (χ1v) is 9.55. The SMILES string of the molecule is Cc1cccc(-n2ncc(C(=O)NNC(=O)Cc3nc4ccccc4n3C)c2C)c1. The monoisotopic (exact) mass is 402 g/mol. The molecule has 0 aliphatic rings. The molecule has 2 heterocycles. The second-order valence-corrected chi connectivity index (χ2v) is 7.15. The molecule has 30 heavy (non-hydrogen) atoms. The van der Waals surface area contributed by atoms with E-state index >= 15 is 0 Å². The summed E-state index contributed by atoms with van der Waals surface area (Å²) in [5.74, 6) is -0.165. The van der Waals surface area contributed by atoms with Crippen molar-refractivity contribution in [2.75, 3.05) is 0 Å². The predicted octanol–water partition coefficient (Wildman–Crippen LogP) is 2.38. The quantitative estimate of drug-likeness (QED) is 0.513. The molecule has 2 aromatic carbocycles. The molecule has 0 fully saturated rings. The number of amides is 2. The number of carbonyl (C=O) groups is 2. The van der Waals surface area contributed by atoms with E-state index in [-0.39, 0.29) is 12.3 Å². The number of nitrogens with zero attached hydrogens (tertiary/aromatic N) is 4. The number of hydrogen-bond acceptors (Lipinski definition) is 4. The van der Waals surface area contributed by atoms with E-state index in [0.717, 1.165) is 22.3 Å². The van der Waals surface area contributed by atoms with E-state index in [1.807, 2.05) is 74.0 Å². The maximum atomic E-state index is 12.5. The van der Waals surface area contributed by atoms with Gasteiger partial charge in [-0.05, 0) is 43.7 Å². The second-order valence-electron chi connectivity index (χ2n) is 7.15. The van der Waals surface area contributed by atoms with Crippen LogP contribution in [0.3, 0.4) is 0 Å². The zero-order valence-corrected chi connectivity index (χ0v) is 17.0. The fourth-order valence-electron chi connectivity index (χ4n) is 3.39. The Bertz CT molecular complexity index is 1250. The Hall–Kier alpha value is -3.94. The van der Waals surface area contributed by atoms with Crippen LogP contribution in [0.15, 0.2) is 54.7 Å². The summed E-state index contributed by atoms with van der Waals surface area (Å²) in [5.41, 5.74) is 9.73. The minimum atomic E-state index is -0.426. The van der Waals surface area contributed by atoms with E-state index in [9.17, 15) is 9.59 Å². The van der Waals surface area contributed by atoms with Crippen molar-refractivity contribution in [1.82, 2.24) is 30.2 Å². The van der Waals surface area contributed by atoms with Gasteiger partial charge in [-0.2, -0.15) is 5.10 Å². The molecule has 8 heteroatoms. The van der Waals surface area contributed by atoms with Crippen LogP contribution in [0.4, 0.5) is 0 Å². The second kappa shape index (κ2) is 7.82. The first-order valence-electron chi connectivity index (χ1n) is 9.55. The molecule has 0 spiro atoms. The number of benzene rings is 2. The summed E-state index contributed by atoms with van der Waals surface area (Å²) in [4.78, 5) is 29.3. The summed E-state index contributed by atoms with van der Waals surface area (Å²) >= 11 is 0. The van der Waals surface area contributed by atoms with E-state index < -0.39 is 5.91 Å². The van der Waals surface area contributed by atoms with Crippen LogP contribution in [0, 0.1) is 13.8 Å². The lowest BCUT2D eigenvalue weighted by molar-refractivity contribution is -0.121. The Morgan fingerprint density at radius 1 is 1.03 bits per heavy atom. The lowest BCUT2D eigenvalue weighted by atomic mass is 10.2. The predicted molar refractivity (Wildman–Crippen MR) is 113 cm³/mol. The summed E-state index contributed by atoms with van der Waals surface area (Å²) in [6, 6.07) is 15.5. The first kappa shape index (κ1) is 19.4. The molecule has 4 rings (SSSR count). The molecule has 2 N–H and O–H groups in total. The fraction of sp³-hybridized carbons (Fsp3) is 0.182. The minimum Gasteiger partial charge on any atom is -0.331 e. The maximum absolute atomic E-state index is 12.5. The van der Waals surface area contributed by atoms with Crippen molar-refractivity contribution >= 4 is 22.8 Å². The van der Waals surface area contributed by atoms with Crippen molar-refractivity contribution in [3.63, 3.8) is 0 Å². The zero-order valence-electron chi connectivity index (χ0n) is 17.0. The van der Waals surface area contributed by atoms with E-state index in [2.05, 4.69) is 20.9 Å². The average Bonchev–Trinajstić information content (AvgIpc) is 3.27. The highest BCUT2D eigenvalue weighted by atomic mass is 16.2. The van der Waals surface area contributed by atoms with Crippen molar-refractivity contribution in [3.05, 3.63) is 77.4 Å². The first-order chi connectivity index (χ1) is 14.4. The van der Waals surface area contributed by atoms with Crippen LogP contribution in [-0.2, 0) is 18.3 Å². The van der Waals surface area contributed by atoms with Gasteiger partial charge in [0.1, 0.15) is 5.82 Å². The van der Waals surface area contributed by atoms with Crippen molar-refractivity contribution in [3.8, 4) is 5.69 Å². The Balaban J connectivity index is 1.42. The minimum absolute atomic E-state index is 0.0486. The summed E-state index contributed by atoms with van der Waals surface area (Å²) in [7, 11) is 1.86. The van der Waals surface area contributed by atoms with Crippen LogP contribution in [-0.4, -0.2) is 31.1 Å². The standard InChI is InChI=1S/C22H22N6O2/c1-14-7-6-8-16(11-14)28-15(2)17(13-23-28)22(30)26-25-21(29)12-20-24-18-9-4-5-10-19(18)27(20)3/h4-11,13H,12H2,1-3H3,(H,25,29)(H,26,30). The molecule has 8 nitrogen and oxygen atoms in total. The maximum Gasteiger partial charge on any atom is 0.273 e. The molecule has 0 atom stereocenters. The molecule has 0 aliphatic carbocycles. The number of aromatic nitrogens is 4. The van der Waals surface area contributed by atoms with Crippen LogP contribution in [0.2, 0.25) is 0 Å². The molecule has 2 amide bonds. The molecule has 4 aromatic rings. The van der Waals surface area contributed by atoms with Gasteiger partial charge >= 0.3 is 0 Å². The van der Waals surface area contributed by atoms with Gasteiger partial charge in [0.2, 0.25) is 5.91 Å². The Labute approximate surface area is 173 Å². The van der Waals surface area contributed by atoms with Crippen LogP contribution < -0.4 is 10.9 Å². The van der Waals surface area contributed by atoms with Gasteiger partial charge in [0.25, 0.3) is 5.91 Å². The Morgan fingerprint density at radius 2 is 1.83 bits per heavy atom. The van der Waals surface area contributed by atoms with Crippen LogP contribution in [0.5, 0.6) is 0 Å². The van der Waals surface area contributed by atoms with E-state index in [1.54, 1.807) is 4.68 Å². The third-order valence-electron chi connectivity index (χ3n) is 5.01. The molecule has 0 unspecified atom stereocenters. The molecule has 0 bridgehead atoms. The number of imidazole rings is 1. The Morgan fingerprint density at radius 3 is 2.60 bits per heavy atom. The zero-order chi connectivity index (χ0) is 21.3. The lowest BCUT2D eigenvalue weighted by Crippen LogP contribution is -2.42. The number of fused-ring (bicyclic) bond motifs is 1. The summed E-state index contributed by atoms with van der Waals surface area (Å²) in [5, 5.41) is 4.31. The van der Waals surface area contributed by atoms with Crippen molar-refractivity contribution in [1.29, 1.82) is 0 Å². The summed E-state index contributed by atoms with van der Waals surface area (Å²) < 4.78 is 3.57. The number of nitrogens with one attached hydrogen (secondary N) is 2. The van der Waals surface area contributed by atoms with Crippen LogP contribution >= 0.6 is 0 Å². The average molecular weight is 402 g/mol. The molecule has 0 saturated carbocycles. The lowest BCUT2D eigenvalue weighted by Gasteiger charge is -2.08. The summed E-state index contributed by atoms with van der Waals surface area (Å²) in [6.07, 6.45) is 1.54. The third-order valence-corrected chi connectivity index (χ3v) is 5.01. The van der Waals surface area contributed by atoms with E-state index in [1.165, 1.54) is 6.20 Å². The highest BCUT2D eigenvalue weighted by Crippen LogP contribution is 2.16. The molecule has 2 aromatic heterocycles. The third kappa shape index (κ3) is 3.67. The number of hydrazine groups is 1. The molecule has 0 radical (unpaired) electrons. The highest BCUT2D eigenvalue weighted by Gasteiger charge is 2.17. The smallest absolute Gasteiger partial charge is 0.273 e. The van der Waals surface area contributed by atoms with Crippen molar-refractivity contribution in [2.24, 2.45) is 7.05 Å².